The van der Waals surface area contributed by atoms with Crippen LogP contribution in [0.5, 0.6) is 0 Å². The monoisotopic (exact) mass is 334 g/mol. The molecule has 0 radical (unpaired) electrons. The predicted octanol–water partition coefficient (Wildman–Crippen LogP) is 2.00. The van der Waals surface area contributed by atoms with Gasteiger partial charge in [-0.1, -0.05) is 0 Å². The van der Waals surface area contributed by atoms with E-state index in [1.54, 1.807) is 11.3 Å². The van der Waals surface area contributed by atoms with Crippen molar-refractivity contribution >= 4 is 49.0 Å². The van der Waals surface area contributed by atoms with Gasteiger partial charge >= 0.3 is 0 Å². The van der Waals surface area contributed by atoms with Gasteiger partial charge < -0.3 is 5.32 Å². The minimum atomic E-state index is -3.13. The third-order valence-electron chi connectivity index (χ3n) is 2.50. The van der Waals surface area contributed by atoms with E-state index in [2.05, 4.69) is 20.0 Å². The first-order valence-electron chi connectivity index (χ1n) is 5.97. The lowest BCUT2D eigenvalue weighted by atomic mass is 10.3. The van der Waals surface area contributed by atoms with E-state index in [9.17, 15) is 8.42 Å². The molecule has 6 nitrogen and oxygen atoms in total. The van der Waals surface area contributed by atoms with Gasteiger partial charge in [0.15, 0.2) is 0 Å². The number of halogens is 1. The minimum absolute atomic E-state index is 0.205. The molecule has 0 amide bonds. The van der Waals surface area contributed by atoms with Crippen molar-refractivity contribution in [1.29, 1.82) is 0 Å². The van der Waals surface area contributed by atoms with Crippen LogP contribution in [0.1, 0.15) is 11.3 Å². The summed E-state index contributed by atoms with van der Waals surface area (Å²) in [4.78, 5) is 10.3. The zero-order valence-corrected chi connectivity index (χ0v) is 13.5. The summed E-state index contributed by atoms with van der Waals surface area (Å²) in [6, 6.07) is 2.01. The van der Waals surface area contributed by atoms with Crippen molar-refractivity contribution in [3.8, 4) is 0 Å². The van der Waals surface area contributed by atoms with Crippen molar-refractivity contribution in [1.82, 2.24) is 14.7 Å². The number of sulfonamides is 1. The zero-order valence-electron chi connectivity index (χ0n) is 11.1. The van der Waals surface area contributed by atoms with Crippen LogP contribution in [-0.2, 0) is 10.0 Å². The number of aryl methyl sites for hydroxylation is 1. The van der Waals surface area contributed by atoms with Crippen LogP contribution in [0, 0.1) is 6.92 Å². The van der Waals surface area contributed by atoms with Crippen molar-refractivity contribution in [3.63, 3.8) is 0 Å². The molecule has 9 heteroatoms. The molecule has 2 rings (SSSR count). The highest BCUT2D eigenvalue weighted by atomic mass is 35.5. The maximum atomic E-state index is 10.9. The van der Waals surface area contributed by atoms with Crippen LogP contribution in [0.15, 0.2) is 6.07 Å². The predicted molar refractivity (Wildman–Crippen MR) is 83.1 cm³/mol. The molecule has 0 unspecified atom stereocenters. The van der Waals surface area contributed by atoms with E-state index < -0.39 is 10.0 Å². The SMILES string of the molecule is Cc1cc2c(NCCCNS(C)(=O)=O)nc(Cl)nc2s1. The molecule has 0 aliphatic rings. The molecule has 0 spiro atoms. The van der Waals surface area contributed by atoms with E-state index >= 15 is 0 Å². The fourth-order valence-corrected chi connectivity index (χ4v) is 3.32. The highest BCUT2D eigenvalue weighted by Gasteiger charge is 2.09. The number of aromatic nitrogens is 2. The summed E-state index contributed by atoms with van der Waals surface area (Å²) >= 11 is 7.45. The number of nitrogens with one attached hydrogen (secondary N) is 2. The maximum Gasteiger partial charge on any atom is 0.225 e. The fraction of sp³-hybridized carbons (Fsp3) is 0.455. The number of nitrogens with zero attached hydrogens (tertiary/aromatic N) is 2. The van der Waals surface area contributed by atoms with Crippen LogP contribution < -0.4 is 10.0 Å². The lowest BCUT2D eigenvalue weighted by Gasteiger charge is -2.07. The Kier molecular flexibility index (Phi) is 4.79. The topological polar surface area (TPSA) is 84.0 Å². The van der Waals surface area contributed by atoms with Gasteiger partial charge in [0.05, 0.1) is 11.6 Å². The molecular formula is C11H15ClN4O2S2. The van der Waals surface area contributed by atoms with Gasteiger partial charge in [-0.05, 0) is 31.0 Å². The Morgan fingerprint density at radius 2 is 2.10 bits per heavy atom. The average Bonchev–Trinajstić information content (AvgIpc) is 2.67. The normalized spacial score (nSPS) is 11.9. The average molecular weight is 335 g/mol. The van der Waals surface area contributed by atoms with Crippen molar-refractivity contribution in [3.05, 3.63) is 16.2 Å². The smallest absolute Gasteiger partial charge is 0.225 e. The minimum Gasteiger partial charge on any atom is -0.369 e. The number of thiophene rings is 1. The molecule has 2 heterocycles. The van der Waals surface area contributed by atoms with Gasteiger partial charge in [0, 0.05) is 18.0 Å². The largest absolute Gasteiger partial charge is 0.369 e. The van der Waals surface area contributed by atoms with Gasteiger partial charge in [-0.25, -0.2) is 23.1 Å². The number of anilines is 1. The fourth-order valence-electron chi connectivity index (χ4n) is 1.70. The van der Waals surface area contributed by atoms with Gasteiger partial charge in [-0.2, -0.15) is 0 Å². The second kappa shape index (κ2) is 6.21. The van der Waals surface area contributed by atoms with Crippen LogP contribution in [0.4, 0.5) is 5.82 Å². The summed E-state index contributed by atoms with van der Waals surface area (Å²) < 4.78 is 24.3. The zero-order chi connectivity index (χ0) is 14.8. The van der Waals surface area contributed by atoms with E-state index in [0.717, 1.165) is 21.3 Å². The Hall–Kier alpha value is -0.960. The third kappa shape index (κ3) is 4.27. The molecule has 0 aliphatic carbocycles. The molecular weight excluding hydrogens is 320 g/mol. The molecule has 2 aromatic rings. The molecule has 110 valence electrons. The van der Waals surface area contributed by atoms with Crippen molar-refractivity contribution in [2.75, 3.05) is 24.7 Å². The van der Waals surface area contributed by atoms with Crippen LogP contribution in [0.2, 0.25) is 5.28 Å². The summed E-state index contributed by atoms with van der Waals surface area (Å²) in [5, 5.41) is 4.31. The summed E-state index contributed by atoms with van der Waals surface area (Å²) in [6.07, 6.45) is 1.79. The van der Waals surface area contributed by atoms with Crippen molar-refractivity contribution < 1.29 is 8.42 Å². The standard InChI is InChI=1S/C11H15ClN4O2S2/c1-7-6-8-9(15-11(12)16-10(8)19-7)13-4-3-5-14-20(2,17)18/h6,14H,3-5H2,1-2H3,(H,13,15,16). The van der Waals surface area contributed by atoms with Gasteiger partial charge in [0.1, 0.15) is 10.6 Å². The summed E-state index contributed by atoms with van der Waals surface area (Å²) in [5.41, 5.74) is 0. The number of fused-ring (bicyclic) bond motifs is 1. The lowest BCUT2D eigenvalue weighted by molar-refractivity contribution is 0.586. The number of rotatable bonds is 6. The van der Waals surface area contributed by atoms with E-state index in [0.29, 0.717) is 25.3 Å². The van der Waals surface area contributed by atoms with Gasteiger partial charge in [-0.3, -0.25) is 0 Å². The van der Waals surface area contributed by atoms with E-state index in [1.165, 1.54) is 0 Å². The molecule has 0 fully saturated rings. The third-order valence-corrected chi connectivity index (χ3v) is 4.34. The Morgan fingerprint density at radius 1 is 1.35 bits per heavy atom. The summed E-state index contributed by atoms with van der Waals surface area (Å²) in [7, 11) is -3.13. The first-order chi connectivity index (χ1) is 9.35. The molecule has 0 bridgehead atoms. The van der Waals surface area contributed by atoms with Crippen LogP contribution in [-0.4, -0.2) is 37.7 Å². The molecule has 0 atom stereocenters. The lowest BCUT2D eigenvalue weighted by Crippen LogP contribution is -2.24. The van der Waals surface area contributed by atoms with Gasteiger partial charge in [0.25, 0.3) is 0 Å². The van der Waals surface area contributed by atoms with Gasteiger partial charge in [-0.15, -0.1) is 11.3 Å². The van der Waals surface area contributed by atoms with Crippen molar-refractivity contribution in [2.24, 2.45) is 0 Å². The summed E-state index contributed by atoms with van der Waals surface area (Å²) in [6.45, 7) is 2.98. The highest BCUT2D eigenvalue weighted by Crippen LogP contribution is 2.29. The Labute approximate surface area is 126 Å². The molecule has 0 saturated carbocycles. The Balaban J connectivity index is 1.99. The Bertz CT molecular complexity index is 715. The van der Waals surface area contributed by atoms with E-state index in [4.69, 9.17) is 11.6 Å². The van der Waals surface area contributed by atoms with Crippen LogP contribution in [0.3, 0.4) is 0 Å². The number of hydrogen-bond acceptors (Lipinski definition) is 6. The van der Waals surface area contributed by atoms with Crippen molar-refractivity contribution in [2.45, 2.75) is 13.3 Å². The van der Waals surface area contributed by atoms with Crippen LogP contribution in [0.25, 0.3) is 10.2 Å². The molecule has 2 aromatic heterocycles. The second-order valence-electron chi connectivity index (χ2n) is 4.36. The highest BCUT2D eigenvalue weighted by molar-refractivity contribution is 7.88. The van der Waals surface area contributed by atoms with E-state index in [1.807, 2.05) is 13.0 Å². The van der Waals surface area contributed by atoms with Gasteiger partial charge in [0.2, 0.25) is 15.3 Å². The van der Waals surface area contributed by atoms with Crippen LogP contribution >= 0.6 is 22.9 Å². The molecule has 0 aromatic carbocycles. The second-order valence-corrected chi connectivity index (χ2v) is 7.77. The molecule has 20 heavy (non-hydrogen) atoms. The number of hydrogen-bond donors (Lipinski definition) is 2. The Morgan fingerprint density at radius 3 is 2.80 bits per heavy atom. The molecule has 2 N–H and O–H groups in total. The maximum absolute atomic E-state index is 10.9. The quantitative estimate of drug-likeness (QED) is 0.623. The van der Waals surface area contributed by atoms with E-state index in [-0.39, 0.29) is 5.28 Å². The molecule has 0 saturated heterocycles. The molecule has 0 aliphatic heterocycles. The first-order valence-corrected chi connectivity index (χ1v) is 9.06. The first kappa shape index (κ1) is 15.4. The summed E-state index contributed by atoms with van der Waals surface area (Å²) in [5.74, 6) is 0.684.